The molecular formula is C27H27N3O2S. The highest BCUT2D eigenvalue weighted by atomic mass is 32.1. The van der Waals surface area contributed by atoms with Crippen molar-refractivity contribution in [2.75, 3.05) is 4.90 Å². The highest BCUT2D eigenvalue weighted by molar-refractivity contribution is 7.80. The number of anilines is 1. The van der Waals surface area contributed by atoms with Gasteiger partial charge in [0.2, 0.25) is 0 Å². The van der Waals surface area contributed by atoms with Crippen molar-refractivity contribution < 1.29 is 9.59 Å². The molecule has 33 heavy (non-hydrogen) atoms. The molecule has 0 atom stereocenters. The topological polar surface area (TPSA) is 54.3 Å². The van der Waals surface area contributed by atoms with Gasteiger partial charge in [-0.05, 0) is 100 Å². The zero-order valence-corrected chi connectivity index (χ0v) is 20.6. The third kappa shape index (κ3) is 3.91. The molecule has 0 unspecified atom stereocenters. The van der Waals surface area contributed by atoms with Crippen molar-refractivity contribution in [1.82, 2.24) is 9.88 Å². The minimum atomic E-state index is -0.483. The van der Waals surface area contributed by atoms with Crippen molar-refractivity contribution in [2.24, 2.45) is 0 Å². The Morgan fingerprint density at radius 3 is 2.30 bits per heavy atom. The van der Waals surface area contributed by atoms with E-state index in [-0.39, 0.29) is 10.7 Å². The third-order valence-electron chi connectivity index (χ3n) is 6.28. The predicted molar refractivity (Wildman–Crippen MR) is 137 cm³/mol. The molecule has 1 aromatic heterocycles. The lowest BCUT2D eigenvalue weighted by molar-refractivity contribution is -0.122. The van der Waals surface area contributed by atoms with Crippen LogP contribution in [-0.4, -0.2) is 21.5 Å². The van der Waals surface area contributed by atoms with E-state index in [4.69, 9.17) is 12.2 Å². The SMILES string of the molecule is Cc1ccc(-n2c(C)cc(/C=C3\C(=O)NC(=S)N(c4cccc(C)c4C)C3=O)c2C)c(C)c1. The summed E-state index contributed by atoms with van der Waals surface area (Å²) in [6.07, 6.45) is 1.67. The minimum Gasteiger partial charge on any atom is -0.318 e. The number of aryl methyl sites for hydroxylation is 4. The first-order valence-electron chi connectivity index (χ1n) is 10.8. The van der Waals surface area contributed by atoms with Crippen molar-refractivity contribution >= 4 is 40.9 Å². The first-order valence-corrected chi connectivity index (χ1v) is 11.2. The van der Waals surface area contributed by atoms with Crippen LogP contribution in [0.15, 0.2) is 48.0 Å². The summed E-state index contributed by atoms with van der Waals surface area (Å²) in [7, 11) is 0. The van der Waals surface area contributed by atoms with Crippen molar-refractivity contribution in [2.45, 2.75) is 41.5 Å². The predicted octanol–water partition coefficient (Wildman–Crippen LogP) is 5.16. The summed E-state index contributed by atoms with van der Waals surface area (Å²) in [6.45, 7) is 12.1. The molecule has 0 bridgehead atoms. The van der Waals surface area contributed by atoms with Gasteiger partial charge >= 0.3 is 0 Å². The van der Waals surface area contributed by atoms with E-state index >= 15 is 0 Å². The van der Waals surface area contributed by atoms with E-state index < -0.39 is 11.8 Å². The standard InChI is InChI=1S/C27H27N3O2S/c1-15-10-11-23(17(3)12-15)29-18(4)13-21(20(29)6)14-22-25(31)28-27(33)30(26(22)32)24-9-7-8-16(2)19(24)5/h7-14H,1-6H3,(H,28,31,33)/b22-14+. The second kappa shape index (κ2) is 8.45. The number of rotatable bonds is 3. The molecule has 5 nitrogen and oxygen atoms in total. The van der Waals surface area contributed by atoms with Crippen molar-refractivity contribution in [1.29, 1.82) is 0 Å². The molecule has 1 saturated heterocycles. The molecule has 4 rings (SSSR count). The van der Waals surface area contributed by atoms with Crippen LogP contribution in [0.5, 0.6) is 0 Å². The quantitative estimate of drug-likeness (QED) is 0.336. The number of aromatic nitrogens is 1. The highest BCUT2D eigenvalue weighted by Gasteiger charge is 2.35. The summed E-state index contributed by atoms with van der Waals surface area (Å²) in [4.78, 5) is 27.7. The minimum absolute atomic E-state index is 0.0605. The number of thiocarbonyl (C=S) groups is 1. The fourth-order valence-corrected chi connectivity index (χ4v) is 4.64. The number of carbonyl (C=O) groups is 2. The third-order valence-corrected chi connectivity index (χ3v) is 6.57. The van der Waals surface area contributed by atoms with Gasteiger partial charge in [-0.3, -0.25) is 19.8 Å². The second-order valence-electron chi connectivity index (χ2n) is 8.63. The van der Waals surface area contributed by atoms with Gasteiger partial charge in [0, 0.05) is 17.1 Å². The average molecular weight is 458 g/mol. The summed E-state index contributed by atoms with van der Waals surface area (Å²) < 4.78 is 2.15. The van der Waals surface area contributed by atoms with Gasteiger partial charge in [-0.15, -0.1) is 0 Å². The van der Waals surface area contributed by atoms with Crippen LogP contribution in [0.2, 0.25) is 0 Å². The average Bonchev–Trinajstić information content (AvgIpc) is 3.01. The maximum absolute atomic E-state index is 13.5. The van der Waals surface area contributed by atoms with Crippen molar-refractivity contribution in [3.8, 4) is 5.69 Å². The molecule has 168 valence electrons. The van der Waals surface area contributed by atoms with Gasteiger partial charge in [0.1, 0.15) is 5.57 Å². The summed E-state index contributed by atoms with van der Waals surface area (Å²) in [5.41, 5.74) is 8.97. The van der Waals surface area contributed by atoms with E-state index in [1.54, 1.807) is 6.08 Å². The molecule has 2 heterocycles. The first kappa shape index (κ1) is 22.7. The Morgan fingerprint density at radius 2 is 1.61 bits per heavy atom. The normalized spacial score (nSPS) is 15.4. The zero-order valence-electron chi connectivity index (χ0n) is 19.7. The molecule has 1 N–H and O–H groups in total. The van der Waals surface area contributed by atoms with Crippen LogP contribution >= 0.6 is 12.2 Å². The van der Waals surface area contributed by atoms with Gasteiger partial charge in [-0.2, -0.15) is 0 Å². The van der Waals surface area contributed by atoms with Crippen LogP contribution in [-0.2, 0) is 9.59 Å². The Balaban J connectivity index is 1.80. The molecular weight excluding hydrogens is 430 g/mol. The van der Waals surface area contributed by atoms with Crippen LogP contribution in [0.1, 0.15) is 39.2 Å². The highest BCUT2D eigenvalue weighted by Crippen LogP contribution is 2.29. The molecule has 1 aliphatic heterocycles. The second-order valence-corrected chi connectivity index (χ2v) is 9.02. The van der Waals surface area contributed by atoms with E-state index in [0.717, 1.165) is 39.3 Å². The van der Waals surface area contributed by atoms with Crippen LogP contribution in [0, 0.1) is 41.5 Å². The number of benzene rings is 2. The molecule has 6 heteroatoms. The number of nitrogens with one attached hydrogen (secondary N) is 1. The lowest BCUT2D eigenvalue weighted by atomic mass is 10.0. The number of hydrogen-bond donors (Lipinski definition) is 1. The fourth-order valence-electron chi connectivity index (χ4n) is 4.37. The van der Waals surface area contributed by atoms with Gasteiger partial charge in [0.25, 0.3) is 11.8 Å². The van der Waals surface area contributed by atoms with E-state index in [0.29, 0.717) is 5.69 Å². The fraction of sp³-hybridized carbons (Fsp3) is 0.222. The van der Waals surface area contributed by atoms with Gasteiger partial charge < -0.3 is 4.57 Å². The number of nitrogens with zero attached hydrogens (tertiary/aromatic N) is 2. The first-order chi connectivity index (χ1) is 15.6. The molecule has 0 saturated carbocycles. The Morgan fingerprint density at radius 1 is 0.879 bits per heavy atom. The van der Waals surface area contributed by atoms with Gasteiger partial charge in [-0.25, -0.2) is 0 Å². The summed E-state index contributed by atoms with van der Waals surface area (Å²) in [5.74, 6) is -0.906. The van der Waals surface area contributed by atoms with E-state index in [9.17, 15) is 9.59 Å². The molecule has 2 amide bonds. The van der Waals surface area contributed by atoms with Crippen molar-refractivity contribution in [3.05, 3.63) is 87.2 Å². The molecule has 0 radical (unpaired) electrons. The number of hydrogen-bond acceptors (Lipinski definition) is 3. The molecule has 3 aromatic rings. The summed E-state index contributed by atoms with van der Waals surface area (Å²) >= 11 is 5.36. The molecule has 1 aliphatic rings. The monoisotopic (exact) mass is 457 g/mol. The van der Waals surface area contributed by atoms with Gasteiger partial charge in [0.15, 0.2) is 5.11 Å². The largest absolute Gasteiger partial charge is 0.318 e. The van der Waals surface area contributed by atoms with Crippen molar-refractivity contribution in [3.63, 3.8) is 0 Å². The summed E-state index contributed by atoms with van der Waals surface area (Å²) in [5, 5.41) is 2.78. The van der Waals surface area contributed by atoms with Crippen LogP contribution < -0.4 is 10.2 Å². The Hall–Kier alpha value is -3.51. The smallest absolute Gasteiger partial charge is 0.270 e. The molecule has 1 fully saturated rings. The van der Waals surface area contributed by atoms with Gasteiger partial charge in [0.05, 0.1) is 5.69 Å². The molecule has 2 aromatic carbocycles. The van der Waals surface area contributed by atoms with E-state index in [1.807, 2.05) is 52.0 Å². The lowest BCUT2D eigenvalue weighted by Gasteiger charge is -2.30. The summed E-state index contributed by atoms with van der Waals surface area (Å²) in [6, 6.07) is 14.0. The lowest BCUT2D eigenvalue weighted by Crippen LogP contribution is -2.54. The van der Waals surface area contributed by atoms with Crippen LogP contribution in [0.3, 0.4) is 0 Å². The molecule has 0 spiro atoms. The molecule has 0 aliphatic carbocycles. The number of amides is 2. The van der Waals surface area contributed by atoms with Crippen LogP contribution in [0.25, 0.3) is 11.8 Å². The zero-order chi connectivity index (χ0) is 24.0. The van der Waals surface area contributed by atoms with Gasteiger partial charge in [-0.1, -0.05) is 29.8 Å². The Kier molecular flexibility index (Phi) is 5.80. The maximum atomic E-state index is 13.5. The number of carbonyl (C=O) groups excluding carboxylic acids is 2. The van der Waals surface area contributed by atoms with E-state index in [1.165, 1.54) is 10.5 Å². The maximum Gasteiger partial charge on any atom is 0.270 e. The van der Waals surface area contributed by atoms with Crippen LogP contribution in [0.4, 0.5) is 5.69 Å². The van der Waals surface area contributed by atoms with E-state index in [2.05, 4.69) is 41.9 Å². The Labute approximate surface area is 199 Å². The Bertz CT molecular complexity index is 1360.